The van der Waals surface area contributed by atoms with Crippen LogP contribution in [0.3, 0.4) is 0 Å². The molecule has 0 spiro atoms. The van der Waals surface area contributed by atoms with Crippen LogP contribution >= 0.6 is 34.2 Å². The second-order valence-electron chi connectivity index (χ2n) is 4.22. The van der Waals surface area contributed by atoms with Gasteiger partial charge in [-0.25, -0.2) is 0 Å². The van der Waals surface area contributed by atoms with E-state index in [-0.39, 0.29) is 5.91 Å². The Balaban J connectivity index is 2.12. The third kappa shape index (κ3) is 2.40. The van der Waals surface area contributed by atoms with Crippen LogP contribution in [0.25, 0.3) is 11.6 Å². The molecule has 19 heavy (non-hydrogen) atoms. The van der Waals surface area contributed by atoms with Crippen molar-refractivity contribution in [3.63, 3.8) is 0 Å². The van der Waals surface area contributed by atoms with E-state index >= 15 is 0 Å². The second kappa shape index (κ2) is 4.98. The van der Waals surface area contributed by atoms with Gasteiger partial charge in [0.05, 0.1) is 5.69 Å². The third-order valence-corrected chi connectivity index (χ3v) is 4.19. The Bertz CT molecular complexity index is 709. The predicted octanol–water partition coefficient (Wildman–Crippen LogP) is 4.44. The summed E-state index contributed by atoms with van der Waals surface area (Å²) >= 11 is 8.19. The van der Waals surface area contributed by atoms with Crippen molar-refractivity contribution >= 4 is 57.4 Å². The zero-order valence-electron chi connectivity index (χ0n) is 9.78. The monoisotopic (exact) mass is 381 g/mol. The molecule has 1 N–H and O–H groups in total. The molecule has 0 bridgehead atoms. The average Bonchev–Trinajstić information content (AvgIpc) is 2.68. The number of amides is 1. The van der Waals surface area contributed by atoms with Gasteiger partial charge >= 0.3 is 0 Å². The van der Waals surface area contributed by atoms with E-state index in [0.717, 1.165) is 20.4 Å². The molecule has 0 aliphatic carbocycles. The van der Waals surface area contributed by atoms with E-state index in [4.69, 9.17) is 11.6 Å². The quantitative estimate of drug-likeness (QED) is 0.574. The minimum atomic E-state index is -0.0862. The Kier molecular flexibility index (Phi) is 3.33. The molecule has 0 aromatic heterocycles. The van der Waals surface area contributed by atoms with Gasteiger partial charge < -0.3 is 5.32 Å². The van der Waals surface area contributed by atoms with E-state index in [9.17, 15) is 4.79 Å². The maximum atomic E-state index is 12.0. The first-order chi connectivity index (χ1) is 9.15. The number of hydrogen-bond acceptors (Lipinski definition) is 1. The summed E-state index contributed by atoms with van der Waals surface area (Å²) in [5, 5.41) is 3.45. The zero-order valence-corrected chi connectivity index (χ0v) is 12.7. The number of benzene rings is 2. The van der Waals surface area contributed by atoms with Gasteiger partial charge in [-0.05, 0) is 52.4 Å². The Hall–Kier alpha value is -1.33. The lowest BCUT2D eigenvalue weighted by molar-refractivity contribution is -0.110. The van der Waals surface area contributed by atoms with Gasteiger partial charge in [-0.15, -0.1) is 0 Å². The van der Waals surface area contributed by atoms with Crippen molar-refractivity contribution in [1.29, 1.82) is 0 Å². The van der Waals surface area contributed by atoms with Crippen molar-refractivity contribution in [2.24, 2.45) is 0 Å². The largest absolute Gasteiger partial charge is 0.321 e. The molecule has 0 saturated heterocycles. The molecule has 0 fully saturated rings. The molecule has 2 aromatic carbocycles. The smallest absolute Gasteiger partial charge is 0.256 e. The SMILES string of the molecule is O=C1Nc2cc(Cl)ccc2/C1=C/c1ccccc1I. The van der Waals surface area contributed by atoms with Crippen LogP contribution in [0.4, 0.5) is 5.69 Å². The summed E-state index contributed by atoms with van der Waals surface area (Å²) in [6.07, 6.45) is 1.91. The summed E-state index contributed by atoms with van der Waals surface area (Å²) < 4.78 is 1.11. The fourth-order valence-electron chi connectivity index (χ4n) is 2.06. The van der Waals surface area contributed by atoms with Gasteiger partial charge in [0.2, 0.25) is 0 Å². The normalized spacial score (nSPS) is 15.5. The van der Waals surface area contributed by atoms with Gasteiger partial charge in [0, 0.05) is 19.7 Å². The molecule has 1 aliphatic heterocycles. The highest BCUT2D eigenvalue weighted by Crippen LogP contribution is 2.35. The van der Waals surface area contributed by atoms with E-state index in [1.165, 1.54) is 0 Å². The Morgan fingerprint density at radius 1 is 1.16 bits per heavy atom. The van der Waals surface area contributed by atoms with Crippen molar-refractivity contribution in [3.8, 4) is 0 Å². The lowest BCUT2D eigenvalue weighted by atomic mass is 10.0. The third-order valence-electron chi connectivity index (χ3n) is 2.97. The second-order valence-corrected chi connectivity index (χ2v) is 5.82. The average molecular weight is 382 g/mol. The molecule has 2 nitrogen and oxygen atoms in total. The van der Waals surface area contributed by atoms with E-state index in [1.807, 2.05) is 36.4 Å². The molecule has 94 valence electrons. The Morgan fingerprint density at radius 2 is 1.95 bits per heavy atom. The molecule has 4 heteroatoms. The number of rotatable bonds is 1. The summed E-state index contributed by atoms with van der Waals surface area (Å²) in [6.45, 7) is 0. The molecule has 0 saturated carbocycles. The van der Waals surface area contributed by atoms with Crippen LogP contribution in [-0.2, 0) is 4.79 Å². The van der Waals surface area contributed by atoms with Crippen LogP contribution in [0.15, 0.2) is 42.5 Å². The molecular formula is C15H9ClINO. The van der Waals surface area contributed by atoms with Crippen molar-refractivity contribution in [3.05, 3.63) is 62.2 Å². The lowest BCUT2D eigenvalue weighted by Gasteiger charge is -2.01. The number of nitrogens with one attached hydrogen (secondary N) is 1. The Morgan fingerprint density at radius 3 is 2.74 bits per heavy atom. The van der Waals surface area contributed by atoms with Crippen LogP contribution in [-0.4, -0.2) is 5.91 Å². The van der Waals surface area contributed by atoms with E-state index in [0.29, 0.717) is 10.6 Å². The molecule has 1 heterocycles. The topological polar surface area (TPSA) is 29.1 Å². The van der Waals surface area contributed by atoms with Gasteiger partial charge in [0.25, 0.3) is 5.91 Å². The standard InChI is InChI=1S/C15H9ClINO/c16-10-5-6-11-12(15(19)18-14(11)8-10)7-9-3-1-2-4-13(9)17/h1-8H,(H,18,19)/b12-7-. The van der Waals surface area contributed by atoms with Gasteiger partial charge in [-0.2, -0.15) is 0 Å². The highest BCUT2D eigenvalue weighted by Gasteiger charge is 2.24. The highest BCUT2D eigenvalue weighted by molar-refractivity contribution is 14.1. The lowest BCUT2D eigenvalue weighted by Crippen LogP contribution is -2.03. The number of hydrogen-bond donors (Lipinski definition) is 1. The number of fused-ring (bicyclic) bond motifs is 1. The summed E-state index contributed by atoms with van der Waals surface area (Å²) in [6, 6.07) is 13.4. The van der Waals surface area contributed by atoms with Gasteiger partial charge in [-0.3, -0.25) is 4.79 Å². The number of halogens is 2. The summed E-state index contributed by atoms with van der Waals surface area (Å²) in [4.78, 5) is 12.0. The fraction of sp³-hybridized carbons (Fsp3) is 0. The number of carbonyl (C=O) groups is 1. The van der Waals surface area contributed by atoms with Gasteiger partial charge in [-0.1, -0.05) is 35.9 Å². The van der Waals surface area contributed by atoms with E-state index in [1.54, 1.807) is 12.1 Å². The fourth-order valence-corrected chi connectivity index (χ4v) is 2.77. The highest BCUT2D eigenvalue weighted by atomic mass is 127. The van der Waals surface area contributed by atoms with E-state index < -0.39 is 0 Å². The molecule has 0 atom stereocenters. The van der Waals surface area contributed by atoms with E-state index in [2.05, 4.69) is 27.9 Å². The van der Waals surface area contributed by atoms with Crippen LogP contribution in [0.2, 0.25) is 5.02 Å². The van der Waals surface area contributed by atoms with Crippen molar-refractivity contribution in [2.45, 2.75) is 0 Å². The minimum absolute atomic E-state index is 0.0862. The summed E-state index contributed by atoms with van der Waals surface area (Å²) in [7, 11) is 0. The first-order valence-corrected chi connectivity index (χ1v) is 7.18. The van der Waals surface area contributed by atoms with Crippen LogP contribution in [0.1, 0.15) is 11.1 Å². The summed E-state index contributed by atoms with van der Waals surface area (Å²) in [5.74, 6) is -0.0862. The van der Waals surface area contributed by atoms with Crippen LogP contribution in [0.5, 0.6) is 0 Å². The first-order valence-electron chi connectivity index (χ1n) is 5.72. The minimum Gasteiger partial charge on any atom is -0.321 e. The molecule has 3 rings (SSSR count). The number of anilines is 1. The maximum absolute atomic E-state index is 12.0. The maximum Gasteiger partial charge on any atom is 0.256 e. The van der Waals surface area contributed by atoms with Gasteiger partial charge in [0.1, 0.15) is 0 Å². The first kappa shape index (κ1) is 12.7. The summed E-state index contributed by atoms with van der Waals surface area (Å²) in [5.41, 5.74) is 3.38. The van der Waals surface area contributed by atoms with Crippen molar-refractivity contribution < 1.29 is 4.79 Å². The van der Waals surface area contributed by atoms with Gasteiger partial charge in [0.15, 0.2) is 0 Å². The molecular weight excluding hydrogens is 373 g/mol. The molecule has 2 aromatic rings. The van der Waals surface area contributed by atoms with Crippen molar-refractivity contribution in [2.75, 3.05) is 5.32 Å². The molecule has 0 unspecified atom stereocenters. The van der Waals surface area contributed by atoms with Crippen LogP contribution < -0.4 is 5.32 Å². The molecule has 0 radical (unpaired) electrons. The molecule has 1 amide bonds. The predicted molar refractivity (Wildman–Crippen MR) is 87.1 cm³/mol. The van der Waals surface area contributed by atoms with Crippen molar-refractivity contribution in [1.82, 2.24) is 0 Å². The van der Waals surface area contributed by atoms with Crippen LogP contribution in [0, 0.1) is 3.57 Å². The molecule has 1 aliphatic rings. The Labute approximate surface area is 129 Å². The zero-order chi connectivity index (χ0) is 13.4. The number of carbonyl (C=O) groups excluding carboxylic acids is 1.